The molecule has 6 heterocycles. The number of carbonyl (C=O) groups is 1. The molecule has 1 atom stereocenters. The third-order valence-corrected chi connectivity index (χ3v) is 5.92. The number of rotatable bonds is 4. The highest BCUT2D eigenvalue weighted by atomic mass is 19.4. The van der Waals surface area contributed by atoms with Crippen molar-refractivity contribution in [1.29, 1.82) is 0 Å². The molecule has 37 heavy (non-hydrogen) atoms. The van der Waals surface area contributed by atoms with E-state index in [0.29, 0.717) is 23.8 Å². The number of hydrogen-bond donors (Lipinski definition) is 1. The van der Waals surface area contributed by atoms with Crippen LogP contribution in [0.3, 0.4) is 0 Å². The van der Waals surface area contributed by atoms with Crippen molar-refractivity contribution in [2.75, 3.05) is 6.54 Å². The Hall–Kier alpha value is -4.63. The fraction of sp³-hybridized carbons (Fsp3) is 0.238. The quantitative estimate of drug-likeness (QED) is 0.361. The molecule has 0 bridgehead atoms. The first-order valence-electron chi connectivity index (χ1n) is 10.8. The number of halogens is 5. The first-order valence-corrected chi connectivity index (χ1v) is 10.8. The molecule has 11 nitrogen and oxygen atoms in total. The van der Waals surface area contributed by atoms with Gasteiger partial charge in [-0.15, -0.1) is 23.4 Å². The van der Waals surface area contributed by atoms with Crippen molar-refractivity contribution in [3.05, 3.63) is 71.7 Å². The minimum atomic E-state index is -4.74. The Balaban J connectivity index is 1.37. The van der Waals surface area contributed by atoms with Crippen molar-refractivity contribution in [3.8, 4) is 11.5 Å². The van der Waals surface area contributed by atoms with Crippen LogP contribution in [-0.4, -0.2) is 56.9 Å². The molecule has 1 N–H and O–H groups in total. The summed E-state index contributed by atoms with van der Waals surface area (Å²) in [6, 6.07) is 5.03. The van der Waals surface area contributed by atoms with E-state index >= 15 is 0 Å². The van der Waals surface area contributed by atoms with Crippen LogP contribution in [0.4, 0.5) is 22.0 Å². The molecule has 6 rings (SSSR count). The molecule has 1 amide bonds. The van der Waals surface area contributed by atoms with E-state index in [1.54, 1.807) is 12.1 Å². The van der Waals surface area contributed by atoms with Gasteiger partial charge in [0, 0.05) is 24.9 Å². The van der Waals surface area contributed by atoms with Crippen LogP contribution in [0.1, 0.15) is 45.9 Å². The maximum absolute atomic E-state index is 13.5. The number of alkyl halides is 5. The Morgan fingerprint density at radius 2 is 2.05 bits per heavy atom. The Morgan fingerprint density at radius 3 is 2.81 bits per heavy atom. The van der Waals surface area contributed by atoms with Crippen LogP contribution < -0.4 is 0 Å². The molecule has 0 fully saturated rings. The van der Waals surface area contributed by atoms with E-state index in [1.807, 2.05) is 0 Å². The summed E-state index contributed by atoms with van der Waals surface area (Å²) in [5, 5.41) is 15.0. The average Bonchev–Trinajstić information content (AvgIpc) is 3.66. The summed E-state index contributed by atoms with van der Waals surface area (Å²) in [5.41, 5.74) is 1.43. The van der Waals surface area contributed by atoms with Crippen molar-refractivity contribution in [1.82, 2.24) is 44.5 Å². The lowest BCUT2D eigenvalue weighted by atomic mass is 9.99. The number of aromatic nitrogens is 8. The van der Waals surface area contributed by atoms with Crippen LogP contribution in [0.15, 0.2) is 47.4 Å². The molecular weight excluding hydrogens is 505 g/mol. The summed E-state index contributed by atoms with van der Waals surface area (Å²) in [5.74, 6) is -1.54. The van der Waals surface area contributed by atoms with Gasteiger partial charge in [0.15, 0.2) is 0 Å². The van der Waals surface area contributed by atoms with Crippen molar-refractivity contribution in [3.63, 3.8) is 0 Å². The van der Waals surface area contributed by atoms with E-state index in [9.17, 15) is 26.7 Å². The number of nitrogens with one attached hydrogen (secondary N) is 1. The lowest BCUT2D eigenvalue weighted by molar-refractivity contribution is -0.212. The van der Waals surface area contributed by atoms with E-state index < -0.39 is 30.6 Å². The smallest absolute Gasteiger partial charge is 0.412 e. The van der Waals surface area contributed by atoms with E-state index in [2.05, 4.69) is 30.4 Å². The summed E-state index contributed by atoms with van der Waals surface area (Å²) in [7, 11) is 0. The van der Waals surface area contributed by atoms with Gasteiger partial charge in [-0.25, -0.2) is 18.3 Å². The van der Waals surface area contributed by atoms with Gasteiger partial charge in [0.05, 0.1) is 35.0 Å². The normalized spacial score (nSPS) is 16.1. The number of H-pyrrole nitrogens is 1. The van der Waals surface area contributed by atoms with E-state index in [0.717, 1.165) is 16.4 Å². The number of aromatic amines is 1. The number of pyridine rings is 1. The number of hydrogen-bond acceptors (Lipinski definition) is 7. The summed E-state index contributed by atoms with van der Waals surface area (Å²) in [6.07, 6.45) is -4.13. The standard InChI is InChI=1S/C21H14F5N9O2/c22-17(23)14-3-1-2-11-6-13(32-35(11)14)16-15-12(27-9-28-15)4-5-33(16)20(36)19-31-30-18(37-19)10-7-29-34(8-10)21(24,25)26/h1-3,6-9,16-17H,4-5H2,(H,27,28)/t16-/m1/s1. The first-order chi connectivity index (χ1) is 17.7. The monoisotopic (exact) mass is 519 g/mol. The number of imidazole rings is 1. The summed E-state index contributed by atoms with van der Waals surface area (Å²) in [6.45, 7) is 0.165. The molecule has 0 spiro atoms. The molecule has 190 valence electrons. The minimum Gasteiger partial charge on any atom is -0.412 e. The van der Waals surface area contributed by atoms with Crippen LogP contribution in [0, 0.1) is 0 Å². The topological polar surface area (TPSA) is 123 Å². The lowest BCUT2D eigenvalue weighted by Crippen LogP contribution is -2.41. The number of nitrogens with zero attached hydrogens (tertiary/aromatic N) is 8. The van der Waals surface area contributed by atoms with Gasteiger partial charge in [-0.3, -0.25) is 4.79 Å². The number of amides is 1. The van der Waals surface area contributed by atoms with Gasteiger partial charge in [-0.1, -0.05) is 6.07 Å². The Bertz CT molecular complexity index is 1620. The Labute approximate surface area is 202 Å². The summed E-state index contributed by atoms with van der Waals surface area (Å²) >= 11 is 0. The van der Waals surface area contributed by atoms with Crippen molar-refractivity contribution in [2.24, 2.45) is 0 Å². The Morgan fingerprint density at radius 1 is 1.22 bits per heavy atom. The highest BCUT2D eigenvalue weighted by molar-refractivity contribution is 5.90. The molecule has 1 aliphatic rings. The van der Waals surface area contributed by atoms with Crippen LogP contribution in [0.25, 0.3) is 17.0 Å². The van der Waals surface area contributed by atoms with Crippen LogP contribution in [0.2, 0.25) is 0 Å². The molecule has 16 heteroatoms. The van der Waals surface area contributed by atoms with Gasteiger partial charge in [0.1, 0.15) is 11.7 Å². The van der Waals surface area contributed by atoms with Crippen molar-refractivity contribution < 1.29 is 31.2 Å². The SMILES string of the molecule is O=C(c1nnc(-c2cnn(C(F)(F)F)c2)o1)N1CCc2[nH]cnc2[C@H]1c1cc2cccc(C(F)F)n2n1. The molecular formula is C21H14F5N9O2. The van der Waals surface area contributed by atoms with Gasteiger partial charge in [-0.2, -0.15) is 14.9 Å². The van der Waals surface area contributed by atoms with E-state index in [-0.39, 0.29) is 34.1 Å². The molecule has 0 unspecified atom stereocenters. The van der Waals surface area contributed by atoms with E-state index in [1.165, 1.54) is 23.4 Å². The van der Waals surface area contributed by atoms with Gasteiger partial charge in [0.2, 0.25) is 0 Å². The fourth-order valence-electron chi connectivity index (χ4n) is 4.27. The number of fused-ring (bicyclic) bond motifs is 2. The largest absolute Gasteiger partial charge is 0.504 e. The molecule has 0 saturated carbocycles. The number of carbonyl (C=O) groups excluding carboxylic acids is 1. The van der Waals surface area contributed by atoms with Gasteiger partial charge < -0.3 is 14.3 Å². The molecule has 0 aliphatic carbocycles. The average molecular weight is 519 g/mol. The van der Waals surface area contributed by atoms with Crippen molar-refractivity contribution >= 4 is 11.4 Å². The first kappa shape index (κ1) is 22.8. The van der Waals surface area contributed by atoms with Gasteiger partial charge in [-0.05, 0) is 18.2 Å². The predicted molar refractivity (Wildman–Crippen MR) is 112 cm³/mol. The predicted octanol–water partition coefficient (Wildman–Crippen LogP) is 3.51. The third-order valence-electron chi connectivity index (χ3n) is 5.92. The third kappa shape index (κ3) is 3.80. The van der Waals surface area contributed by atoms with Gasteiger partial charge >= 0.3 is 18.1 Å². The van der Waals surface area contributed by atoms with Gasteiger partial charge in [0.25, 0.3) is 12.3 Å². The Kier molecular flexibility index (Phi) is 5.06. The lowest BCUT2D eigenvalue weighted by Gasteiger charge is -2.32. The zero-order valence-corrected chi connectivity index (χ0v) is 18.4. The summed E-state index contributed by atoms with van der Waals surface area (Å²) in [4.78, 5) is 22.1. The minimum absolute atomic E-state index is 0.131. The van der Waals surface area contributed by atoms with Crippen molar-refractivity contribution in [2.45, 2.75) is 25.2 Å². The molecule has 5 aromatic rings. The highest BCUT2D eigenvalue weighted by Gasteiger charge is 2.38. The maximum atomic E-state index is 13.5. The second-order valence-electron chi connectivity index (χ2n) is 8.13. The second kappa shape index (κ2) is 8.21. The fourth-order valence-corrected chi connectivity index (χ4v) is 4.27. The zero-order chi connectivity index (χ0) is 25.9. The van der Waals surface area contributed by atoms with Crippen LogP contribution >= 0.6 is 0 Å². The van der Waals surface area contributed by atoms with Crippen LogP contribution in [0.5, 0.6) is 0 Å². The second-order valence-corrected chi connectivity index (χ2v) is 8.13. The van der Waals surface area contributed by atoms with Crippen LogP contribution in [-0.2, 0) is 12.7 Å². The maximum Gasteiger partial charge on any atom is 0.504 e. The van der Waals surface area contributed by atoms with E-state index in [4.69, 9.17) is 4.42 Å². The molecule has 0 radical (unpaired) electrons. The molecule has 5 aromatic heterocycles. The molecule has 1 aliphatic heterocycles. The molecule has 0 aromatic carbocycles. The highest BCUT2D eigenvalue weighted by Crippen LogP contribution is 2.35. The molecule has 0 saturated heterocycles. The zero-order valence-electron chi connectivity index (χ0n) is 18.4. The summed E-state index contributed by atoms with van der Waals surface area (Å²) < 4.78 is 71.9.